The summed E-state index contributed by atoms with van der Waals surface area (Å²) in [4.78, 5) is 27.1. The summed E-state index contributed by atoms with van der Waals surface area (Å²) in [7, 11) is 1.59. The summed E-state index contributed by atoms with van der Waals surface area (Å²) in [6.45, 7) is -0.834. The molecule has 0 aromatic heterocycles. The van der Waals surface area contributed by atoms with Crippen molar-refractivity contribution in [2.24, 2.45) is 0 Å². The molecule has 0 unspecified atom stereocenters. The number of aliphatic hydroxyl groups is 1. The Morgan fingerprint density at radius 3 is 2.57 bits per heavy atom. The van der Waals surface area contributed by atoms with Gasteiger partial charge in [0.25, 0.3) is 12.3 Å². The number of nitrogens with zero attached hydrogens (tertiary/aromatic N) is 1. The quantitative estimate of drug-likeness (QED) is 0.355. The van der Waals surface area contributed by atoms with Crippen molar-refractivity contribution in [2.75, 3.05) is 29.1 Å². The Hall–Kier alpha value is -3.83. The van der Waals surface area contributed by atoms with Crippen molar-refractivity contribution in [3.8, 4) is 0 Å². The fourth-order valence-corrected chi connectivity index (χ4v) is 4.93. The molecule has 7 nitrogen and oxygen atoms in total. The molecule has 5 rings (SSSR count). The number of anilines is 3. The molecule has 0 radical (unpaired) electrons. The fourth-order valence-electron chi connectivity index (χ4n) is 4.70. The second-order valence-electron chi connectivity index (χ2n) is 8.71. The van der Waals surface area contributed by atoms with Crippen molar-refractivity contribution in [1.82, 2.24) is 5.32 Å². The van der Waals surface area contributed by atoms with Crippen LogP contribution >= 0.6 is 11.6 Å². The number of β-amino-alcohol motifs (C(OH)–C–C–N with tert-alkyl or cyclic N) is 1. The lowest BCUT2D eigenvalue weighted by atomic mass is 9.95. The minimum atomic E-state index is -3.30. The highest BCUT2D eigenvalue weighted by atomic mass is 35.5. The predicted octanol–water partition coefficient (Wildman–Crippen LogP) is 5.00. The molecular formula is C25H19ClF4N4O3. The van der Waals surface area contributed by atoms with E-state index in [0.717, 1.165) is 35.2 Å². The van der Waals surface area contributed by atoms with E-state index in [4.69, 9.17) is 11.6 Å². The molecule has 0 saturated carbocycles. The third-order valence-electron chi connectivity index (χ3n) is 6.51. The number of carbonyl (C=O) groups excluding carboxylic acids is 2. The number of alkyl halides is 2. The number of hydrogen-bond acceptors (Lipinski definition) is 4. The Labute approximate surface area is 213 Å². The first-order valence-electron chi connectivity index (χ1n) is 11.0. The zero-order chi connectivity index (χ0) is 26.6. The number of hydrogen-bond donors (Lipinski definition) is 4. The van der Waals surface area contributed by atoms with Crippen LogP contribution in [0.5, 0.6) is 0 Å². The number of nitrogens with one attached hydrogen (secondary N) is 3. The van der Waals surface area contributed by atoms with E-state index in [2.05, 4.69) is 16.0 Å². The molecule has 37 heavy (non-hydrogen) atoms. The van der Waals surface area contributed by atoms with Crippen LogP contribution in [-0.2, 0) is 5.60 Å². The molecule has 2 heterocycles. The smallest absolute Gasteiger partial charge is 0.326 e. The van der Waals surface area contributed by atoms with Crippen molar-refractivity contribution < 1.29 is 32.3 Å². The fraction of sp³-hybridized carbons (Fsp3) is 0.200. The maximum atomic E-state index is 14.0. The summed E-state index contributed by atoms with van der Waals surface area (Å²) < 4.78 is 55.5. The van der Waals surface area contributed by atoms with Gasteiger partial charge in [-0.1, -0.05) is 11.6 Å². The highest BCUT2D eigenvalue weighted by Crippen LogP contribution is 2.45. The van der Waals surface area contributed by atoms with Gasteiger partial charge in [0.2, 0.25) is 0 Å². The molecule has 0 fully saturated rings. The summed E-state index contributed by atoms with van der Waals surface area (Å²) in [6, 6.07) is 7.74. The maximum Gasteiger partial charge on any atom is 0.326 e. The van der Waals surface area contributed by atoms with Crippen molar-refractivity contribution in [1.29, 1.82) is 0 Å². The average molecular weight is 535 g/mol. The first-order valence-corrected chi connectivity index (χ1v) is 11.4. The normalized spacial score (nSPS) is 20.1. The molecule has 2 atom stereocenters. The van der Waals surface area contributed by atoms with Gasteiger partial charge in [0.05, 0.1) is 24.0 Å². The van der Waals surface area contributed by atoms with Gasteiger partial charge in [0.15, 0.2) is 5.60 Å². The average Bonchev–Trinajstić information content (AvgIpc) is 3.35. The van der Waals surface area contributed by atoms with Crippen LogP contribution in [0.15, 0.2) is 48.5 Å². The minimum Gasteiger partial charge on any atom is -0.388 e. The summed E-state index contributed by atoms with van der Waals surface area (Å²) in [5.41, 5.74) is -2.02. The molecule has 2 aliphatic heterocycles. The second-order valence-corrected chi connectivity index (χ2v) is 9.12. The number of urea groups is 1. The lowest BCUT2D eigenvalue weighted by molar-refractivity contribution is -0.0892. The molecule has 0 spiro atoms. The van der Waals surface area contributed by atoms with Gasteiger partial charge < -0.3 is 21.1 Å². The lowest BCUT2D eigenvalue weighted by Gasteiger charge is -2.24. The van der Waals surface area contributed by atoms with E-state index < -0.39 is 53.7 Å². The van der Waals surface area contributed by atoms with Crippen LogP contribution < -0.4 is 20.9 Å². The van der Waals surface area contributed by atoms with E-state index in [1.807, 2.05) is 0 Å². The van der Waals surface area contributed by atoms with Crippen LogP contribution in [-0.4, -0.2) is 37.1 Å². The first kappa shape index (κ1) is 24.8. The van der Waals surface area contributed by atoms with Gasteiger partial charge in [0, 0.05) is 40.0 Å². The molecule has 12 heteroatoms. The lowest BCUT2D eigenvalue weighted by Crippen LogP contribution is -2.43. The van der Waals surface area contributed by atoms with Crippen LogP contribution in [0.4, 0.5) is 39.4 Å². The van der Waals surface area contributed by atoms with Crippen molar-refractivity contribution in [3.63, 3.8) is 0 Å². The van der Waals surface area contributed by atoms with Gasteiger partial charge in [-0.15, -0.1) is 0 Å². The zero-order valence-corrected chi connectivity index (χ0v) is 19.8. The van der Waals surface area contributed by atoms with Crippen LogP contribution in [0.1, 0.15) is 33.1 Å². The first-order chi connectivity index (χ1) is 17.5. The SMILES string of the molecule is CNc1cc(NC(=O)N2C[C@@](O)(C(F)F)c3cc(F)ccc32)c2c(c1)C(=O)N[C@@H]2c1cc(F)ccc1Cl. The van der Waals surface area contributed by atoms with Crippen LogP contribution in [0, 0.1) is 11.6 Å². The van der Waals surface area contributed by atoms with Gasteiger partial charge in [-0.2, -0.15) is 0 Å². The Balaban J connectivity index is 1.58. The van der Waals surface area contributed by atoms with Gasteiger partial charge in [-0.05, 0) is 48.5 Å². The molecule has 192 valence electrons. The molecule has 3 aromatic rings. The van der Waals surface area contributed by atoms with Gasteiger partial charge in [0.1, 0.15) is 11.6 Å². The maximum absolute atomic E-state index is 14.0. The number of rotatable bonds is 4. The third kappa shape index (κ3) is 4.04. The number of carbonyl (C=O) groups is 2. The molecular weight excluding hydrogens is 516 g/mol. The Bertz CT molecular complexity index is 1450. The summed E-state index contributed by atoms with van der Waals surface area (Å²) in [5, 5.41) is 19.0. The van der Waals surface area contributed by atoms with Crippen LogP contribution in [0.2, 0.25) is 5.02 Å². The monoisotopic (exact) mass is 534 g/mol. The minimum absolute atomic E-state index is 0.0953. The molecule has 3 aromatic carbocycles. The largest absolute Gasteiger partial charge is 0.388 e. The van der Waals surface area contributed by atoms with Crippen molar-refractivity contribution in [2.45, 2.75) is 18.1 Å². The van der Waals surface area contributed by atoms with Gasteiger partial charge >= 0.3 is 6.03 Å². The number of benzene rings is 3. The van der Waals surface area contributed by atoms with E-state index in [-0.39, 0.29) is 33.1 Å². The Morgan fingerprint density at radius 1 is 1.16 bits per heavy atom. The predicted molar refractivity (Wildman–Crippen MR) is 129 cm³/mol. The standard InChI is InChI=1S/C25H19ClF4N4O3/c1-31-13-8-15-20(21(33-22(15)35)14-6-11(27)2-4-17(14)26)18(9-13)32-24(36)34-10-25(37,23(29)30)16-7-12(28)3-5-19(16)34/h2-9,21,23,31,37H,10H2,1H3,(H,32,36)(H,33,35)/t21-,25+/m1/s1. The Kier molecular flexibility index (Phi) is 5.99. The molecule has 0 bridgehead atoms. The van der Waals surface area contributed by atoms with Gasteiger partial charge in [-0.3, -0.25) is 9.69 Å². The number of amides is 3. The third-order valence-corrected chi connectivity index (χ3v) is 6.85. The van der Waals surface area contributed by atoms with Crippen LogP contribution in [0.25, 0.3) is 0 Å². The molecule has 0 aliphatic carbocycles. The van der Waals surface area contributed by atoms with E-state index in [1.54, 1.807) is 7.05 Å². The van der Waals surface area contributed by atoms with E-state index in [9.17, 15) is 32.3 Å². The molecule has 4 N–H and O–H groups in total. The molecule has 3 amide bonds. The van der Waals surface area contributed by atoms with Gasteiger partial charge in [-0.25, -0.2) is 22.4 Å². The molecule has 0 saturated heterocycles. The van der Waals surface area contributed by atoms with Crippen molar-refractivity contribution in [3.05, 3.63) is 87.4 Å². The Morgan fingerprint density at radius 2 is 1.86 bits per heavy atom. The highest BCUT2D eigenvalue weighted by Gasteiger charge is 2.50. The topological polar surface area (TPSA) is 93.7 Å². The second kappa shape index (κ2) is 8.93. The van der Waals surface area contributed by atoms with Crippen LogP contribution in [0.3, 0.4) is 0 Å². The number of fused-ring (bicyclic) bond motifs is 2. The summed E-state index contributed by atoms with van der Waals surface area (Å²) in [6.07, 6.45) is -3.30. The summed E-state index contributed by atoms with van der Waals surface area (Å²) in [5.74, 6) is -1.94. The van der Waals surface area contributed by atoms with E-state index in [1.165, 1.54) is 18.2 Å². The van der Waals surface area contributed by atoms with E-state index in [0.29, 0.717) is 5.69 Å². The van der Waals surface area contributed by atoms with Crippen molar-refractivity contribution >= 4 is 40.6 Å². The zero-order valence-electron chi connectivity index (χ0n) is 19.1. The molecule has 2 aliphatic rings. The summed E-state index contributed by atoms with van der Waals surface area (Å²) >= 11 is 6.29. The number of halogens is 5. The van der Waals surface area contributed by atoms with E-state index >= 15 is 0 Å². The highest BCUT2D eigenvalue weighted by molar-refractivity contribution is 6.31.